The Kier molecular flexibility index (Phi) is 4.68. The van der Waals surface area contributed by atoms with Crippen LogP contribution in [-0.4, -0.2) is 20.0 Å². The second kappa shape index (κ2) is 7.91. The number of H-pyrrole nitrogens is 1. The van der Waals surface area contributed by atoms with Gasteiger partial charge in [0, 0.05) is 35.1 Å². The van der Waals surface area contributed by atoms with Crippen LogP contribution < -0.4 is 15.9 Å². The Morgan fingerprint density at radius 3 is 2.56 bits per heavy atom. The maximum Gasteiger partial charge on any atom is 0.347 e. The smallest absolute Gasteiger partial charge is 0.347 e. The van der Waals surface area contributed by atoms with E-state index in [0.717, 1.165) is 0 Å². The third-order valence-electron chi connectivity index (χ3n) is 6.06. The van der Waals surface area contributed by atoms with E-state index >= 15 is 0 Å². The van der Waals surface area contributed by atoms with E-state index in [2.05, 4.69) is 9.97 Å². The van der Waals surface area contributed by atoms with Crippen LogP contribution in [0.25, 0.3) is 22.4 Å². The second-order valence-corrected chi connectivity index (χ2v) is 8.22. The van der Waals surface area contributed by atoms with E-state index in [4.69, 9.17) is 9.15 Å². The third kappa shape index (κ3) is 3.40. The van der Waals surface area contributed by atoms with E-state index in [1.54, 1.807) is 48.5 Å². The number of ether oxygens (including phenoxy) is 1. The van der Waals surface area contributed by atoms with E-state index in [1.165, 1.54) is 24.3 Å². The monoisotopic (exact) mass is 481 g/mol. The number of nitro benzene ring substituents is 1. The van der Waals surface area contributed by atoms with E-state index in [0.29, 0.717) is 22.1 Å². The number of hydrogen-bond acceptors (Lipinski definition) is 8. The number of rotatable bonds is 3. The minimum Gasteiger partial charge on any atom is -0.508 e. The summed E-state index contributed by atoms with van der Waals surface area (Å²) < 4.78 is 11.3. The lowest BCUT2D eigenvalue weighted by Crippen LogP contribution is -2.25. The third-order valence-corrected chi connectivity index (χ3v) is 6.06. The predicted octanol–water partition coefficient (Wildman–Crippen LogP) is 4.44. The fraction of sp³-hybridized carbons (Fsp3) is 0.0385. The Labute approximate surface area is 201 Å². The number of phenols is 1. The van der Waals surface area contributed by atoms with Crippen molar-refractivity contribution in [2.45, 2.75) is 5.92 Å². The molecule has 0 spiro atoms. The van der Waals surface area contributed by atoms with Crippen LogP contribution in [0.1, 0.15) is 22.6 Å². The number of non-ortho nitro benzene ring substituents is 1. The van der Waals surface area contributed by atoms with Crippen LogP contribution in [0.5, 0.6) is 17.4 Å². The molecule has 10 heteroatoms. The van der Waals surface area contributed by atoms with Gasteiger partial charge in [-0.3, -0.25) is 14.9 Å². The largest absolute Gasteiger partial charge is 0.508 e. The fourth-order valence-electron chi connectivity index (χ4n) is 4.39. The van der Waals surface area contributed by atoms with Crippen LogP contribution in [-0.2, 0) is 0 Å². The number of nitrogens with zero attached hydrogens (tertiary/aromatic N) is 2. The van der Waals surface area contributed by atoms with Gasteiger partial charge >= 0.3 is 5.63 Å². The van der Waals surface area contributed by atoms with Crippen molar-refractivity contribution in [1.29, 1.82) is 0 Å². The summed E-state index contributed by atoms with van der Waals surface area (Å²) in [5.74, 6) is -0.573. The standard InChI is InChI=1S/C26H15N3O7/c30-16-9-10-17-20(12-16)35-25-22(21(17)13-5-7-15(8-6-13)29(33)34)24(31)27-23(28-25)18-11-14-3-1-2-4-19(14)36-26(18)32/h1-12,21,30H,(H,27,28,31). The van der Waals surface area contributed by atoms with Gasteiger partial charge in [-0.25, -0.2) is 4.79 Å². The Morgan fingerprint density at radius 1 is 1.00 bits per heavy atom. The highest BCUT2D eigenvalue weighted by molar-refractivity contribution is 5.80. The zero-order valence-electron chi connectivity index (χ0n) is 18.3. The first-order chi connectivity index (χ1) is 17.4. The average molecular weight is 481 g/mol. The molecule has 36 heavy (non-hydrogen) atoms. The van der Waals surface area contributed by atoms with Crippen LogP contribution >= 0.6 is 0 Å². The van der Waals surface area contributed by atoms with Crippen molar-refractivity contribution in [1.82, 2.24) is 9.97 Å². The minimum atomic E-state index is -0.691. The zero-order chi connectivity index (χ0) is 25.0. The Hall–Kier alpha value is -5.25. The highest BCUT2D eigenvalue weighted by atomic mass is 16.6. The van der Waals surface area contributed by atoms with Gasteiger partial charge < -0.3 is 19.2 Å². The molecule has 0 saturated heterocycles. The Balaban J connectivity index is 1.56. The van der Waals surface area contributed by atoms with Crippen molar-refractivity contribution < 1.29 is 19.2 Å². The average Bonchev–Trinajstić information content (AvgIpc) is 2.86. The molecule has 1 atom stereocenters. The van der Waals surface area contributed by atoms with E-state index in [1.807, 2.05) is 0 Å². The summed E-state index contributed by atoms with van der Waals surface area (Å²) in [5.41, 5.74) is 0.429. The molecule has 176 valence electrons. The number of aromatic hydroxyl groups is 1. The first-order valence-electron chi connectivity index (χ1n) is 10.8. The molecular formula is C26H15N3O7. The molecule has 0 fully saturated rings. The van der Waals surface area contributed by atoms with Gasteiger partial charge in [0.2, 0.25) is 5.88 Å². The van der Waals surface area contributed by atoms with Gasteiger partial charge in [0.25, 0.3) is 11.2 Å². The summed E-state index contributed by atoms with van der Waals surface area (Å²) in [6.45, 7) is 0. The van der Waals surface area contributed by atoms with Gasteiger partial charge in [0.05, 0.1) is 10.5 Å². The predicted molar refractivity (Wildman–Crippen MR) is 129 cm³/mol. The lowest BCUT2D eigenvalue weighted by Gasteiger charge is -2.27. The molecule has 1 aliphatic heterocycles. The number of nitro groups is 1. The molecule has 3 aromatic carbocycles. The topological polar surface area (TPSA) is 149 Å². The van der Waals surface area contributed by atoms with Gasteiger partial charge in [-0.05, 0) is 23.8 Å². The van der Waals surface area contributed by atoms with Crippen LogP contribution in [0.3, 0.4) is 0 Å². The highest BCUT2D eigenvalue weighted by Crippen LogP contribution is 2.46. The Bertz CT molecular complexity index is 1810. The molecule has 2 N–H and O–H groups in total. The fourth-order valence-corrected chi connectivity index (χ4v) is 4.39. The number of phenolic OH excluding ortho intramolecular Hbond substituents is 1. The molecule has 1 unspecified atom stereocenters. The summed E-state index contributed by atoms with van der Waals surface area (Å²) >= 11 is 0. The quantitative estimate of drug-likeness (QED) is 0.214. The molecule has 5 aromatic rings. The van der Waals surface area contributed by atoms with Crippen LogP contribution in [0.15, 0.2) is 86.8 Å². The molecule has 10 nitrogen and oxygen atoms in total. The number of benzene rings is 3. The number of fused-ring (bicyclic) bond motifs is 3. The molecular weight excluding hydrogens is 466 g/mol. The summed E-state index contributed by atoms with van der Waals surface area (Å²) in [6, 6.07) is 18.8. The van der Waals surface area contributed by atoms with E-state index < -0.39 is 22.0 Å². The molecule has 0 radical (unpaired) electrons. The summed E-state index contributed by atoms with van der Waals surface area (Å²) in [6.07, 6.45) is 0. The molecule has 0 saturated carbocycles. The Morgan fingerprint density at radius 2 is 1.78 bits per heavy atom. The maximum absolute atomic E-state index is 13.4. The van der Waals surface area contributed by atoms with Crippen molar-refractivity contribution in [2.75, 3.05) is 0 Å². The SMILES string of the molecule is O=c1[nH]c(-c2cc3ccccc3oc2=O)nc2c1C(c1ccc([N+](=O)[O-])cc1)c1ccc(O)cc1O2. The molecule has 3 heterocycles. The van der Waals surface area contributed by atoms with Crippen LogP contribution in [0.4, 0.5) is 5.69 Å². The van der Waals surface area contributed by atoms with E-state index in [-0.39, 0.29) is 40.0 Å². The van der Waals surface area contributed by atoms with Crippen LogP contribution in [0, 0.1) is 10.1 Å². The number of aromatic nitrogens is 2. The van der Waals surface area contributed by atoms with Crippen molar-refractivity contribution in [3.63, 3.8) is 0 Å². The molecule has 6 rings (SSSR count). The van der Waals surface area contributed by atoms with Gasteiger partial charge in [-0.2, -0.15) is 4.98 Å². The highest BCUT2D eigenvalue weighted by Gasteiger charge is 2.34. The number of aromatic amines is 1. The van der Waals surface area contributed by atoms with Gasteiger partial charge in [0.15, 0.2) is 5.82 Å². The maximum atomic E-state index is 13.4. The molecule has 1 aliphatic rings. The summed E-state index contributed by atoms with van der Waals surface area (Å²) in [4.78, 5) is 43.8. The zero-order valence-corrected chi connectivity index (χ0v) is 18.3. The molecule has 0 amide bonds. The molecule has 2 aromatic heterocycles. The summed E-state index contributed by atoms with van der Waals surface area (Å²) in [7, 11) is 0. The minimum absolute atomic E-state index is 0.0377. The summed E-state index contributed by atoms with van der Waals surface area (Å²) in [5, 5.41) is 21.8. The van der Waals surface area contributed by atoms with Crippen LogP contribution in [0.2, 0.25) is 0 Å². The van der Waals surface area contributed by atoms with Gasteiger partial charge in [0.1, 0.15) is 22.6 Å². The first-order valence-corrected chi connectivity index (χ1v) is 10.8. The molecule has 0 bridgehead atoms. The lowest BCUT2D eigenvalue weighted by molar-refractivity contribution is -0.384. The number of hydrogen-bond donors (Lipinski definition) is 2. The van der Waals surface area contributed by atoms with Crippen molar-refractivity contribution in [3.05, 3.63) is 120 Å². The van der Waals surface area contributed by atoms with Gasteiger partial charge in [-0.15, -0.1) is 0 Å². The first kappa shape index (κ1) is 21.3. The normalized spacial score (nSPS) is 14.1. The second-order valence-electron chi connectivity index (χ2n) is 8.22. The number of nitrogens with one attached hydrogen (secondary N) is 1. The van der Waals surface area contributed by atoms with E-state index in [9.17, 15) is 24.8 Å². The number of para-hydroxylation sites is 1. The van der Waals surface area contributed by atoms with Crippen molar-refractivity contribution in [2.24, 2.45) is 0 Å². The lowest BCUT2D eigenvalue weighted by atomic mass is 9.84. The molecule has 0 aliphatic carbocycles. The van der Waals surface area contributed by atoms with Gasteiger partial charge in [-0.1, -0.05) is 36.4 Å². The van der Waals surface area contributed by atoms with Crippen molar-refractivity contribution >= 4 is 16.7 Å². The van der Waals surface area contributed by atoms with Crippen molar-refractivity contribution in [3.8, 4) is 28.8 Å².